The van der Waals surface area contributed by atoms with E-state index >= 15 is 0 Å². The predicted octanol–water partition coefficient (Wildman–Crippen LogP) is 3.42. The molecule has 0 aromatic heterocycles. The van der Waals surface area contributed by atoms with E-state index in [1.807, 2.05) is 0 Å². The highest BCUT2D eigenvalue weighted by atomic mass is 35.7. The van der Waals surface area contributed by atoms with Crippen molar-refractivity contribution in [3.8, 4) is 23.0 Å². The minimum absolute atomic E-state index is 0.0136. The smallest absolute Gasteiger partial charge is 0.261 e. The van der Waals surface area contributed by atoms with Crippen molar-refractivity contribution in [3.63, 3.8) is 0 Å². The molecule has 0 heterocycles. The van der Waals surface area contributed by atoms with Gasteiger partial charge in [0.25, 0.3) is 9.05 Å². The molecule has 0 atom stereocenters. The molecule has 0 bridgehead atoms. The number of methoxy groups -OCH3 is 2. The maximum atomic E-state index is 11.2. The summed E-state index contributed by atoms with van der Waals surface area (Å²) in [5.41, 5.74) is 0. The van der Waals surface area contributed by atoms with E-state index in [4.69, 9.17) is 24.9 Å². The number of hydrogen-bond donors (Lipinski definition) is 0. The van der Waals surface area contributed by atoms with Gasteiger partial charge in [-0.2, -0.15) is 0 Å². The van der Waals surface area contributed by atoms with E-state index < -0.39 is 9.05 Å². The quantitative estimate of drug-likeness (QED) is 0.787. The Balaban J connectivity index is 2.25. The number of halogens is 1. The minimum atomic E-state index is -3.74. The fraction of sp³-hybridized carbons (Fsp3) is 0.143. The fourth-order valence-electron chi connectivity index (χ4n) is 1.65. The third-order valence-electron chi connectivity index (χ3n) is 2.67. The third-order valence-corrected chi connectivity index (χ3v) is 4.04. The third kappa shape index (κ3) is 4.03. The standard InChI is InChI=1S/C14H13ClO5S/c1-18-11-7-12(19-2)9-13(8-11)20-10-3-5-14(6-4-10)21(15,16)17/h3-9H,1-2H3. The van der Waals surface area contributed by atoms with Gasteiger partial charge >= 0.3 is 0 Å². The Labute approximate surface area is 127 Å². The van der Waals surface area contributed by atoms with Gasteiger partial charge in [0.15, 0.2) is 0 Å². The van der Waals surface area contributed by atoms with Gasteiger partial charge in [0.05, 0.1) is 19.1 Å². The van der Waals surface area contributed by atoms with Crippen LogP contribution in [0.25, 0.3) is 0 Å². The molecule has 0 saturated carbocycles. The van der Waals surface area contributed by atoms with Gasteiger partial charge < -0.3 is 14.2 Å². The molecular weight excluding hydrogens is 316 g/mol. The zero-order valence-electron chi connectivity index (χ0n) is 11.4. The summed E-state index contributed by atoms with van der Waals surface area (Å²) in [5, 5.41) is 0. The number of rotatable bonds is 5. The van der Waals surface area contributed by atoms with Crippen molar-refractivity contribution < 1.29 is 22.6 Å². The van der Waals surface area contributed by atoms with E-state index in [1.54, 1.807) is 32.4 Å². The molecule has 0 fully saturated rings. The van der Waals surface area contributed by atoms with Crippen LogP contribution < -0.4 is 14.2 Å². The Morgan fingerprint density at radius 2 is 1.29 bits per heavy atom. The molecule has 7 heteroatoms. The second kappa shape index (κ2) is 6.24. The summed E-state index contributed by atoms with van der Waals surface area (Å²) in [5.74, 6) is 2.15. The van der Waals surface area contributed by atoms with Crippen LogP contribution in [0, 0.1) is 0 Å². The lowest BCUT2D eigenvalue weighted by Gasteiger charge is -2.10. The van der Waals surface area contributed by atoms with Crippen molar-refractivity contribution in [1.82, 2.24) is 0 Å². The Morgan fingerprint density at radius 1 is 0.810 bits per heavy atom. The Morgan fingerprint density at radius 3 is 1.71 bits per heavy atom. The van der Waals surface area contributed by atoms with E-state index in [2.05, 4.69) is 0 Å². The summed E-state index contributed by atoms with van der Waals surface area (Å²) in [7, 11) is 4.59. The first-order valence-corrected chi connectivity index (χ1v) is 8.19. The molecule has 5 nitrogen and oxygen atoms in total. The largest absolute Gasteiger partial charge is 0.496 e. The summed E-state index contributed by atoms with van der Waals surface area (Å²) >= 11 is 0. The molecule has 0 amide bonds. The van der Waals surface area contributed by atoms with Crippen LogP contribution in [0.3, 0.4) is 0 Å². The van der Waals surface area contributed by atoms with E-state index in [-0.39, 0.29) is 4.90 Å². The van der Waals surface area contributed by atoms with Crippen molar-refractivity contribution in [2.75, 3.05) is 14.2 Å². The van der Waals surface area contributed by atoms with Crippen LogP contribution in [0.1, 0.15) is 0 Å². The highest BCUT2D eigenvalue weighted by molar-refractivity contribution is 8.13. The summed E-state index contributed by atoms with van der Waals surface area (Å²) in [6, 6.07) is 10.9. The van der Waals surface area contributed by atoms with Gasteiger partial charge in [0, 0.05) is 28.9 Å². The summed E-state index contributed by atoms with van der Waals surface area (Å²) in [6.45, 7) is 0. The van der Waals surface area contributed by atoms with Gasteiger partial charge in [0.2, 0.25) is 0 Å². The molecule has 2 rings (SSSR count). The van der Waals surface area contributed by atoms with Gasteiger partial charge in [-0.1, -0.05) is 0 Å². The number of benzene rings is 2. The normalized spacial score (nSPS) is 11.0. The summed E-state index contributed by atoms with van der Waals surface area (Å²) in [4.78, 5) is 0.0136. The molecule has 2 aromatic rings. The number of ether oxygens (including phenoxy) is 3. The van der Waals surface area contributed by atoms with Crippen molar-refractivity contribution in [2.45, 2.75) is 4.90 Å². The molecule has 0 spiro atoms. The molecule has 0 unspecified atom stereocenters. The number of hydrogen-bond acceptors (Lipinski definition) is 5. The second-order valence-electron chi connectivity index (χ2n) is 4.06. The lowest BCUT2D eigenvalue weighted by atomic mass is 10.3. The maximum Gasteiger partial charge on any atom is 0.261 e. The zero-order chi connectivity index (χ0) is 15.5. The molecule has 0 N–H and O–H groups in total. The molecule has 0 aliphatic heterocycles. The fourth-order valence-corrected chi connectivity index (χ4v) is 2.42. The Hall–Kier alpha value is -1.92. The van der Waals surface area contributed by atoms with E-state index in [9.17, 15) is 8.42 Å². The molecule has 2 aromatic carbocycles. The average Bonchev–Trinajstić information content (AvgIpc) is 2.46. The first kappa shape index (κ1) is 15.5. The SMILES string of the molecule is COc1cc(OC)cc(Oc2ccc(S(=O)(=O)Cl)cc2)c1. The van der Waals surface area contributed by atoms with Gasteiger partial charge in [-0.05, 0) is 24.3 Å². The highest BCUT2D eigenvalue weighted by Gasteiger charge is 2.10. The molecular formula is C14H13ClO5S. The molecule has 0 radical (unpaired) electrons. The van der Waals surface area contributed by atoms with Gasteiger partial charge in [-0.15, -0.1) is 0 Å². The van der Waals surface area contributed by atoms with Crippen molar-refractivity contribution in [2.24, 2.45) is 0 Å². The van der Waals surface area contributed by atoms with Gasteiger partial charge in [-0.25, -0.2) is 8.42 Å². The highest BCUT2D eigenvalue weighted by Crippen LogP contribution is 2.31. The molecule has 112 valence electrons. The van der Waals surface area contributed by atoms with E-state index in [0.717, 1.165) is 0 Å². The second-order valence-corrected chi connectivity index (χ2v) is 6.63. The minimum Gasteiger partial charge on any atom is -0.496 e. The zero-order valence-corrected chi connectivity index (χ0v) is 12.9. The molecule has 21 heavy (non-hydrogen) atoms. The molecule has 0 aliphatic carbocycles. The lowest BCUT2D eigenvalue weighted by Crippen LogP contribution is -1.92. The van der Waals surface area contributed by atoms with Crippen LogP contribution in [0.4, 0.5) is 0 Å². The Bertz CT molecular complexity index is 703. The predicted molar refractivity (Wildman–Crippen MR) is 79.1 cm³/mol. The van der Waals surface area contributed by atoms with Crippen molar-refractivity contribution in [3.05, 3.63) is 42.5 Å². The lowest BCUT2D eigenvalue weighted by molar-refractivity contribution is 0.386. The van der Waals surface area contributed by atoms with Crippen molar-refractivity contribution >= 4 is 19.7 Å². The molecule has 0 aliphatic rings. The van der Waals surface area contributed by atoms with Crippen LogP contribution in [0.2, 0.25) is 0 Å². The summed E-state index contributed by atoms with van der Waals surface area (Å²) < 4.78 is 38.2. The Kier molecular flexibility index (Phi) is 4.59. The van der Waals surface area contributed by atoms with Crippen LogP contribution in [0.15, 0.2) is 47.4 Å². The average molecular weight is 329 g/mol. The first-order chi connectivity index (χ1) is 9.92. The summed E-state index contributed by atoms with van der Waals surface area (Å²) in [6.07, 6.45) is 0. The maximum absolute atomic E-state index is 11.2. The van der Waals surface area contributed by atoms with Crippen molar-refractivity contribution in [1.29, 1.82) is 0 Å². The monoisotopic (exact) mass is 328 g/mol. The van der Waals surface area contributed by atoms with Crippen LogP contribution in [0.5, 0.6) is 23.0 Å². The van der Waals surface area contributed by atoms with Gasteiger partial charge in [0.1, 0.15) is 23.0 Å². The first-order valence-electron chi connectivity index (χ1n) is 5.88. The van der Waals surface area contributed by atoms with Crippen LogP contribution in [-0.4, -0.2) is 22.6 Å². The van der Waals surface area contributed by atoms with E-state index in [0.29, 0.717) is 23.0 Å². The van der Waals surface area contributed by atoms with E-state index in [1.165, 1.54) is 24.3 Å². The molecule has 0 saturated heterocycles. The van der Waals surface area contributed by atoms with Gasteiger partial charge in [-0.3, -0.25) is 0 Å². The van der Waals surface area contributed by atoms with Crippen LogP contribution in [-0.2, 0) is 9.05 Å². The topological polar surface area (TPSA) is 61.8 Å². The van der Waals surface area contributed by atoms with Crippen LogP contribution >= 0.6 is 10.7 Å².